The summed E-state index contributed by atoms with van der Waals surface area (Å²) in [5.41, 5.74) is 7.02. The predicted molar refractivity (Wildman–Crippen MR) is 123 cm³/mol. The molecular weight excluding hydrogens is 443 g/mol. The number of aliphatic hydroxyl groups is 1. The van der Waals surface area contributed by atoms with Gasteiger partial charge in [0.25, 0.3) is 0 Å². The minimum absolute atomic E-state index is 0.0575. The number of unbranched alkanes of at least 4 members (excludes halogenated alkanes) is 1. The first-order chi connectivity index (χ1) is 14.5. The molecule has 0 saturated heterocycles. The number of carbonyl (C=O) groups excluding carboxylic acids is 1. The van der Waals surface area contributed by atoms with E-state index in [9.17, 15) is 14.5 Å². The van der Waals surface area contributed by atoms with E-state index in [0.717, 1.165) is 19.3 Å². The molecule has 0 fully saturated rings. The highest BCUT2D eigenvalue weighted by Gasteiger charge is 2.17. The Morgan fingerprint density at radius 1 is 1.45 bits per heavy atom. The van der Waals surface area contributed by atoms with Crippen LogP contribution in [0.2, 0.25) is 0 Å². The highest BCUT2D eigenvalue weighted by atomic mass is 32.1. The average molecular weight is 477 g/mol. The summed E-state index contributed by atoms with van der Waals surface area (Å²) in [6, 6.07) is 0. The number of rotatable bonds is 13. The second-order valence-corrected chi connectivity index (χ2v) is 9.64. The number of allylic oxidation sites excluding steroid dienone is 1. The van der Waals surface area contributed by atoms with Crippen molar-refractivity contribution in [1.29, 1.82) is 0 Å². The normalized spacial score (nSPS) is 14.5. The van der Waals surface area contributed by atoms with Gasteiger partial charge >= 0.3 is 7.82 Å². The molecule has 0 radical (unpaired) electrons. The number of nitrogens with zero attached hydrogens (tertiary/aromatic N) is 3. The molecule has 0 saturated carbocycles. The van der Waals surface area contributed by atoms with Crippen molar-refractivity contribution in [3.63, 3.8) is 0 Å². The molecule has 1 aromatic rings. The van der Waals surface area contributed by atoms with Crippen molar-refractivity contribution in [2.75, 3.05) is 12.3 Å². The van der Waals surface area contributed by atoms with Gasteiger partial charge in [-0.2, -0.15) is 0 Å². The molecule has 5 N–H and O–H groups in total. The molecule has 1 aromatic heterocycles. The zero-order valence-corrected chi connectivity index (χ0v) is 20.1. The highest BCUT2D eigenvalue weighted by Crippen LogP contribution is 2.36. The van der Waals surface area contributed by atoms with Crippen molar-refractivity contribution < 1.29 is 28.8 Å². The second-order valence-electron chi connectivity index (χ2n) is 7.18. The van der Waals surface area contributed by atoms with Crippen LogP contribution < -0.4 is 5.73 Å². The third kappa shape index (κ3) is 10.0. The highest BCUT2D eigenvalue weighted by molar-refractivity contribution is 8.02. The number of thiol groups is 1. The molecule has 0 aliphatic heterocycles. The third-order valence-electron chi connectivity index (χ3n) is 4.61. The van der Waals surface area contributed by atoms with E-state index in [2.05, 4.69) is 21.4 Å². The van der Waals surface area contributed by atoms with E-state index < -0.39 is 7.82 Å². The number of aromatic nitrogens is 2. The number of aryl methyl sites for hydroxylation is 1. The fourth-order valence-corrected chi connectivity index (χ4v) is 4.13. The van der Waals surface area contributed by atoms with Crippen LogP contribution in [0, 0.1) is 12.8 Å². The SMILES string of the molecule is CCCCC(C)/C(O)=[SH]/C(CCOP(=O)(O)O)=C(/C)N(C=O)Cc1cnc(C)nc1N. The smallest absolute Gasteiger partial charge is 0.383 e. The Morgan fingerprint density at radius 3 is 2.68 bits per heavy atom. The maximum atomic E-state index is 11.8. The Hall–Kier alpha value is -1.62. The van der Waals surface area contributed by atoms with Crippen LogP contribution in [0.5, 0.6) is 0 Å². The van der Waals surface area contributed by atoms with Gasteiger partial charge in [-0.3, -0.25) is 9.32 Å². The largest absolute Gasteiger partial charge is 0.469 e. The molecule has 1 heterocycles. The number of phosphoric ester groups is 1. The summed E-state index contributed by atoms with van der Waals surface area (Å²) in [5, 5.41) is 10.8. The Kier molecular flexibility index (Phi) is 11.5. The maximum Gasteiger partial charge on any atom is 0.469 e. The fourth-order valence-electron chi connectivity index (χ4n) is 2.69. The van der Waals surface area contributed by atoms with Crippen molar-refractivity contribution in [3.8, 4) is 0 Å². The Labute approximate surface area is 186 Å². The molecule has 1 amide bonds. The molecule has 176 valence electrons. The summed E-state index contributed by atoms with van der Waals surface area (Å²) < 4.78 is 15.6. The van der Waals surface area contributed by atoms with Crippen molar-refractivity contribution >= 4 is 36.5 Å². The van der Waals surface area contributed by atoms with E-state index in [1.807, 2.05) is 6.92 Å². The van der Waals surface area contributed by atoms with E-state index in [-0.39, 0.29) is 36.4 Å². The number of hydrogen-bond donors (Lipinski definition) is 5. The van der Waals surface area contributed by atoms with Gasteiger partial charge in [0.05, 0.1) is 18.2 Å². The van der Waals surface area contributed by atoms with Crippen LogP contribution in [0.1, 0.15) is 57.8 Å². The van der Waals surface area contributed by atoms with E-state index in [0.29, 0.717) is 39.8 Å². The summed E-state index contributed by atoms with van der Waals surface area (Å²) >= 11 is 0.474. The number of nitrogen functional groups attached to an aromatic ring is 1. The number of phosphoric acid groups is 1. The first-order valence-corrected chi connectivity index (χ1v) is 12.4. The molecule has 12 heteroatoms. The standard InChI is InChI=1S/C19H33N4O6PS/c1-5-6-7-13(2)19(25)31-17(8-9-29-30(26,27)28)14(3)23(12-24)11-16-10-21-15(4)22-18(16)20/h10,12-13,25,31H,5-9,11H2,1-4H3,(H2,20,21,22)(H2,26,27,28)/b17-14-. The zero-order chi connectivity index (χ0) is 23.6. The van der Waals surface area contributed by atoms with E-state index in [4.69, 9.17) is 15.5 Å². The lowest BCUT2D eigenvalue weighted by atomic mass is 10.1. The van der Waals surface area contributed by atoms with E-state index in [1.165, 1.54) is 4.90 Å². The maximum absolute atomic E-state index is 11.8. The van der Waals surface area contributed by atoms with Crippen molar-refractivity contribution in [1.82, 2.24) is 14.9 Å². The summed E-state index contributed by atoms with van der Waals surface area (Å²) in [5.74, 6) is 0.720. The van der Waals surface area contributed by atoms with Gasteiger partial charge in [0.2, 0.25) is 6.41 Å². The zero-order valence-electron chi connectivity index (χ0n) is 18.4. The van der Waals surface area contributed by atoms with Crippen LogP contribution in [0.25, 0.3) is 0 Å². The Morgan fingerprint density at radius 2 is 2.13 bits per heavy atom. The summed E-state index contributed by atoms with van der Waals surface area (Å²) in [7, 11) is -4.63. The lowest BCUT2D eigenvalue weighted by Gasteiger charge is -2.22. The number of amides is 1. The van der Waals surface area contributed by atoms with Crippen LogP contribution >= 0.6 is 19.2 Å². The van der Waals surface area contributed by atoms with Gasteiger partial charge in [-0.1, -0.05) is 26.7 Å². The van der Waals surface area contributed by atoms with Crippen LogP contribution in [-0.4, -0.2) is 47.8 Å². The topological polar surface area (TPSA) is 159 Å². The molecule has 0 bridgehead atoms. The number of aliphatic hydroxyl groups excluding tert-OH is 1. The monoisotopic (exact) mass is 476 g/mol. The van der Waals surface area contributed by atoms with Gasteiger partial charge < -0.3 is 25.5 Å². The van der Waals surface area contributed by atoms with E-state index >= 15 is 0 Å². The van der Waals surface area contributed by atoms with Crippen LogP contribution in [0.4, 0.5) is 5.82 Å². The first kappa shape index (κ1) is 27.4. The molecule has 0 spiro atoms. The van der Waals surface area contributed by atoms with Gasteiger partial charge in [-0.15, -0.1) is 11.4 Å². The summed E-state index contributed by atoms with van der Waals surface area (Å²) in [6.45, 7) is 7.25. The minimum atomic E-state index is -4.63. The molecule has 1 unspecified atom stereocenters. The van der Waals surface area contributed by atoms with Gasteiger partial charge in [-0.05, 0) is 25.2 Å². The van der Waals surface area contributed by atoms with Gasteiger partial charge in [-0.25, -0.2) is 14.5 Å². The van der Waals surface area contributed by atoms with Gasteiger partial charge in [0, 0.05) is 29.8 Å². The molecular formula is C19H33N4O6PS. The van der Waals surface area contributed by atoms with Gasteiger partial charge in [0.1, 0.15) is 11.6 Å². The lowest BCUT2D eigenvalue weighted by molar-refractivity contribution is -0.116. The molecule has 31 heavy (non-hydrogen) atoms. The molecule has 0 aliphatic carbocycles. The number of anilines is 1. The van der Waals surface area contributed by atoms with Crippen molar-refractivity contribution in [2.24, 2.45) is 5.92 Å². The molecule has 1 atom stereocenters. The summed E-state index contributed by atoms with van der Waals surface area (Å²) in [6.07, 6.45) is 5.08. The first-order valence-electron chi connectivity index (χ1n) is 9.95. The van der Waals surface area contributed by atoms with Crippen LogP contribution in [0.3, 0.4) is 0 Å². The molecule has 10 nitrogen and oxygen atoms in total. The second kappa shape index (κ2) is 13.0. The summed E-state index contributed by atoms with van der Waals surface area (Å²) in [4.78, 5) is 39.9. The number of carbonyl (C=O) groups is 1. The molecule has 1 rings (SSSR count). The number of hydrogen-bond acceptors (Lipinski definition) is 6. The van der Waals surface area contributed by atoms with Gasteiger partial charge in [0.15, 0.2) is 0 Å². The third-order valence-corrected chi connectivity index (χ3v) is 6.62. The minimum Gasteiger partial charge on any atom is -0.383 e. The average Bonchev–Trinajstić information content (AvgIpc) is 2.69. The van der Waals surface area contributed by atoms with Crippen LogP contribution in [-0.2, 0) is 20.4 Å². The quantitative estimate of drug-likeness (QED) is 0.125. The predicted octanol–water partition coefficient (Wildman–Crippen LogP) is 3.04. The van der Waals surface area contributed by atoms with Crippen molar-refractivity contribution in [2.45, 2.75) is 59.9 Å². The van der Waals surface area contributed by atoms with Crippen LogP contribution in [0.15, 0.2) is 16.8 Å². The Balaban J connectivity index is 3.22. The molecule has 0 aliphatic rings. The lowest BCUT2D eigenvalue weighted by Crippen LogP contribution is -2.22. The number of nitrogens with two attached hydrogens (primary N) is 1. The van der Waals surface area contributed by atoms with E-state index in [1.54, 1.807) is 20.0 Å². The fraction of sp³-hybridized carbons (Fsp3) is 0.579. The van der Waals surface area contributed by atoms with Crippen molar-refractivity contribution in [3.05, 3.63) is 28.2 Å². The molecule has 0 aromatic carbocycles. The Bertz CT molecular complexity index is 858.